The van der Waals surface area contributed by atoms with Gasteiger partial charge < -0.3 is 5.32 Å². The van der Waals surface area contributed by atoms with Crippen molar-refractivity contribution in [3.63, 3.8) is 0 Å². The molecule has 0 unspecified atom stereocenters. The molecule has 6 heteroatoms. The fraction of sp³-hybridized carbons (Fsp3) is 0.200. The summed E-state index contributed by atoms with van der Waals surface area (Å²) in [5.41, 5.74) is 6.36. The highest BCUT2D eigenvalue weighted by Crippen LogP contribution is 2.36. The lowest BCUT2D eigenvalue weighted by Crippen LogP contribution is -2.28. The molecular weight excluding hydrogens is 489 g/mol. The average Bonchev–Trinajstić information content (AvgIpc) is 3.15. The Labute approximate surface area is 221 Å². The van der Waals surface area contributed by atoms with E-state index in [0.29, 0.717) is 15.7 Å². The SMILES string of the molecule is C[C@@H](NC(=O)c1nn(-c2ccccc2Cl)c2c1CCCCC2=Cc1ccc(Cl)cc1)c1ccccc1. The summed E-state index contributed by atoms with van der Waals surface area (Å²) in [6.07, 6.45) is 5.84. The summed E-state index contributed by atoms with van der Waals surface area (Å²) in [5, 5.41) is 9.31. The van der Waals surface area contributed by atoms with E-state index in [0.717, 1.165) is 59.3 Å². The smallest absolute Gasteiger partial charge is 0.272 e. The van der Waals surface area contributed by atoms with Gasteiger partial charge in [0.15, 0.2) is 5.69 Å². The number of carbonyl (C=O) groups is 1. The lowest BCUT2D eigenvalue weighted by Gasteiger charge is -2.14. The zero-order valence-corrected chi connectivity index (χ0v) is 21.6. The molecule has 0 saturated carbocycles. The second kappa shape index (κ2) is 10.7. The van der Waals surface area contributed by atoms with E-state index >= 15 is 0 Å². The standard InChI is InChI=1S/C30H27Cl2N3O/c1-20(22-9-3-2-4-10-22)33-30(36)28-25-12-6-5-11-23(19-21-15-17-24(31)18-16-21)29(25)35(34-28)27-14-8-7-13-26(27)32/h2-4,7-10,13-20H,5-6,11-12H2,1H3,(H,33,36)/t20-/m1/s1. The first kappa shape index (κ1) is 24.4. The van der Waals surface area contributed by atoms with E-state index in [2.05, 4.69) is 11.4 Å². The van der Waals surface area contributed by atoms with Crippen LogP contribution < -0.4 is 5.32 Å². The van der Waals surface area contributed by atoms with Crippen LogP contribution in [0.3, 0.4) is 0 Å². The van der Waals surface area contributed by atoms with Crippen molar-refractivity contribution in [1.82, 2.24) is 15.1 Å². The van der Waals surface area contributed by atoms with Crippen molar-refractivity contribution in [1.29, 1.82) is 0 Å². The van der Waals surface area contributed by atoms with Gasteiger partial charge in [-0.15, -0.1) is 0 Å². The van der Waals surface area contributed by atoms with Gasteiger partial charge in [0, 0.05) is 10.6 Å². The largest absolute Gasteiger partial charge is 0.344 e. The topological polar surface area (TPSA) is 46.9 Å². The van der Waals surface area contributed by atoms with Crippen LogP contribution in [-0.2, 0) is 6.42 Å². The van der Waals surface area contributed by atoms with Crippen LogP contribution in [-0.4, -0.2) is 15.7 Å². The fourth-order valence-electron chi connectivity index (χ4n) is 4.72. The summed E-state index contributed by atoms with van der Waals surface area (Å²) in [6.45, 7) is 1.99. The van der Waals surface area contributed by atoms with Crippen LogP contribution in [0.15, 0.2) is 78.9 Å². The number of hydrogen-bond acceptors (Lipinski definition) is 2. The number of fused-ring (bicyclic) bond motifs is 1. The highest BCUT2D eigenvalue weighted by molar-refractivity contribution is 6.32. The van der Waals surface area contributed by atoms with Gasteiger partial charge in [-0.3, -0.25) is 4.79 Å². The molecule has 1 aromatic heterocycles. The Kier molecular flexibility index (Phi) is 7.26. The number of para-hydroxylation sites is 1. The van der Waals surface area contributed by atoms with Crippen LogP contribution in [0.2, 0.25) is 10.0 Å². The Morgan fingerprint density at radius 2 is 1.64 bits per heavy atom. The molecule has 1 N–H and O–H groups in total. The molecular formula is C30H27Cl2N3O. The van der Waals surface area contributed by atoms with Gasteiger partial charge in [0.1, 0.15) is 0 Å². The number of carbonyl (C=O) groups excluding carboxylic acids is 1. The first-order valence-corrected chi connectivity index (χ1v) is 13.0. The van der Waals surface area contributed by atoms with Gasteiger partial charge in [0.2, 0.25) is 0 Å². The van der Waals surface area contributed by atoms with Gasteiger partial charge in [0.25, 0.3) is 5.91 Å². The molecule has 4 nitrogen and oxygen atoms in total. The minimum absolute atomic E-state index is 0.144. The van der Waals surface area contributed by atoms with Crippen molar-refractivity contribution in [2.24, 2.45) is 0 Å². The van der Waals surface area contributed by atoms with Gasteiger partial charge in [-0.05, 0) is 79.6 Å². The van der Waals surface area contributed by atoms with Crippen molar-refractivity contribution in [2.45, 2.75) is 38.6 Å². The number of rotatable bonds is 5. The molecule has 3 aromatic carbocycles. The van der Waals surface area contributed by atoms with E-state index in [1.807, 2.05) is 90.5 Å². The number of benzene rings is 3. The first-order valence-electron chi connectivity index (χ1n) is 12.2. The lowest BCUT2D eigenvalue weighted by molar-refractivity contribution is 0.0933. The first-order chi connectivity index (χ1) is 17.5. The molecule has 0 aliphatic heterocycles. The highest BCUT2D eigenvalue weighted by atomic mass is 35.5. The summed E-state index contributed by atoms with van der Waals surface area (Å²) in [6, 6.07) is 25.2. The molecule has 1 amide bonds. The van der Waals surface area contributed by atoms with Crippen molar-refractivity contribution < 1.29 is 4.79 Å². The molecule has 0 radical (unpaired) electrons. The van der Waals surface area contributed by atoms with E-state index in [1.54, 1.807) is 0 Å². The van der Waals surface area contributed by atoms with Gasteiger partial charge >= 0.3 is 0 Å². The van der Waals surface area contributed by atoms with E-state index in [1.165, 1.54) is 0 Å². The number of nitrogens with one attached hydrogen (secondary N) is 1. The molecule has 5 rings (SSSR count). The third-order valence-electron chi connectivity index (χ3n) is 6.56. The van der Waals surface area contributed by atoms with Crippen LogP contribution in [0, 0.1) is 0 Å². The number of nitrogens with zero attached hydrogens (tertiary/aromatic N) is 2. The van der Waals surface area contributed by atoms with Crippen molar-refractivity contribution in [2.75, 3.05) is 0 Å². The third kappa shape index (κ3) is 5.11. The number of hydrogen-bond donors (Lipinski definition) is 1. The summed E-state index contributed by atoms with van der Waals surface area (Å²) in [4.78, 5) is 13.6. The molecule has 1 heterocycles. The Morgan fingerprint density at radius 1 is 0.944 bits per heavy atom. The summed E-state index contributed by atoms with van der Waals surface area (Å²) in [5.74, 6) is -0.179. The molecule has 4 aromatic rings. The van der Waals surface area contributed by atoms with E-state index in [9.17, 15) is 4.79 Å². The summed E-state index contributed by atoms with van der Waals surface area (Å²) >= 11 is 12.7. The van der Waals surface area contributed by atoms with Gasteiger partial charge in [-0.1, -0.05) is 77.8 Å². The number of amides is 1. The second-order valence-corrected chi connectivity index (χ2v) is 9.92. The molecule has 1 aliphatic rings. The van der Waals surface area contributed by atoms with Gasteiger partial charge in [-0.25, -0.2) is 4.68 Å². The van der Waals surface area contributed by atoms with Gasteiger partial charge in [0.05, 0.1) is 22.4 Å². The van der Waals surface area contributed by atoms with E-state index < -0.39 is 0 Å². The van der Waals surface area contributed by atoms with Crippen LogP contribution in [0.4, 0.5) is 0 Å². The highest BCUT2D eigenvalue weighted by Gasteiger charge is 2.28. The minimum atomic E-state index is -0.179. The fourth-order valence-corrected chi connectivity index (χ4v) is 5.07. The third-order valence-corrected chi connectivity index (χ3v) is 7.14. The van der Waals surface area contributed by atoms with Crippen molar-refractivity contribution in [3.8, 4) is 5.69 Å². The molecule has 0 bridgehead atoms. The maximum absolute atomic E-state index is 13.6. The number of allylic oxidation sites excluding steroid dienone is 1. The molecule has 36 heavy (non-hydrogen) atoms. The Bertz CT molecular complexity index is 1410. The molecule has 0 fully saturated rings. The minimum Gasteiger partial charge on any atom is -0.344 e. The molecule has 0 spiro atoms. The summed E-state index contributed by atoms with van der Waals surface area (Å²) in [7, 11) is 0. The zero-order chi connectivity index (χ0) is 25.1. The van der Waals surface area contributed by atoms with Crippen LogP contribution in [0.1, 0.15) is 65.1 Å². The molecule has 1 aliphatic carbocycles. The second-order valence-electron chi connectivity index (χ2n) is 9.07. The van der Waals surface area contributed by atoms with Crippen molar-refractivity contribution in [3.05, 3.63) is 117 Å². The van der Waals surface area contributed by atoms with Gasteiger partial charge in [-0.2, -0.15) is 5.10 Å². The van der Waals surface area contributed by atoms with Crippen molar-refractivity contribution >= 4 is 40.8 Å². The zero-order valence-electron chi connectivity index (χ0n) is 20.0. The monoisotopic (exact) mass is 515 g/mol. The van der Waals surface area contributed by atoms with Crippen LogP contribution in [0.25, 0.3) is 17.3 Å². The Hall–Kier alpha value is -3.34. The molecule has 0 saturated heterocycles. The lowest BCUT2D eigenvalue weighted by atomic mass is 10.0. The molecule has 1 atom stereocenters. The predicted molar refractivity (Wildman–Crippen MR) is 148 cm³/mol. The average molecular weight is 516 g/mol. The Balaban J connectivity index is 1.63. The Morgan fingerprint density at radius 3 is 2.39 bits per heavy atom. The van der Waals surface area contributed by atoms with Crippen LogP contribution >= 0.6 is 23.2 Å². The number of halogens is 2. The maximum atomic E-state index is 13.6. The molecule has 182 valence electrons. The normalized spacial score (nSPS) is 15.2. The summed E-state index contributed by atoms with van der Waals surface area (Å²) < 4.78 is 1.85. The quantitative estimate of drug-likeness (QED) is 0.274. The maximum Gasteiger partial charge on any atom is 0.272 e. The van der Waals surface area contributed by atoms with E-state index in [-0.39, 0.29) is 11.9 Å². The van der Waals surface area contributed by atoms with E-state index in [4.69, 9.17) is 28.3 Å². The number of aromatic nitrogens is 2. The predicted octanol–water partition coefficient (Wildman–Crippen LogP) is 7.94. The van der Waals surface area contributed by atoms with Crippen LogP contribution in [0.5, 0.6) is 0 Å².